The smallest absolute Gasteiger partial charge is 0.0604 e. The largest absolute Gasteiger partial charge is 0.271 e. The number of halogens is 2. The van der Waals surface area contributed by atoms with Gasteiger partial charge in [0.1, 0.15) is 0 Å². The van der Waals surface area contributed by atoms with Gasteiger partial charge in [-0.1, -0.05) is 30.1 Å². The fourth-order valence-electron chi connectivity index (χ4n) is 2.36. The van der Waals surface area contributed by atoms with Crippen molar-refractivity contribution in [2.24, 2.45) is 5.84 Å². The number of benzene rings is 1. The summed E-state index contributed by atoms with van der Waals surface area (Å²) in [6.45, 7) is 2.23. The van der Waals surface area contributed by atoms with Crippen LogP contribution in [0, 0.1) is 0 Å². The minimum atomic E-state index is 0.0361. The van der Waals surface area contributed by atoms with Crippen LogP contribution in [0.2, 0.25) is 10.0 Å². The number of nitrogens with one attached hydrogen (secondary N) is 1. The van der Waals surface area contributed by atoms with E-state index in [1.54, 1.807) is 6.07 Å². The van der Waals surface area contributed by atoms with Crippen LogP contribution in [0.3, 0.4) is 0 Å². The fraction of sp³-hybridized carbons (Fsp3) is 0.538. The lowest BCUT2D eigenvalue weighted by atomic mass is 10.0. The van der Waals surface area contributed by atoms with Crippen LogP contribution in [0.4, 0.5) is 0 Å². The van der Waals surface area contributed by atoms with Crippen LogP contribution in [-0.4, -0.2) is 22.0 Å². The van der Waals surface area contributed by atoms with Crippen LogP contribution < -0.4 is 11.3 Å². The molecule has 1 aliphatic heterocycles. The Labute approximate surface area is 133 Å². The van der Waals surface area contributed by atoms with Crippen molar-refractivity contribution in [3.63, 3.8) is 0 Å². The highest BCUT2D eigenvalue weighted by Crippen LogP contribution is 2.41. The molecule has 0 aromatic heterocycles. The molecule has 1 fully saturated rings. The maximum atomic E-state index is 6.31. The van der Waals surface area contributed by atoms with E-state index in [0.717, 1.165) is 22.8 Å². The Balaban J connectivity index is 2.29. The van der Waals surface area contributed by atoms with Gasteiger partial charge in [-0.15, -0.1) is 0 Å². The van der Waals surface area contributed by atoms with Crippen molar-refractivity contribution in [2.45, 2.75) is 29.9 Å². The van der Waals surface area contributed by atoms with Crippen molar-refractivity contribution >= 4 is 46.7 Å². The van der Waals surface area contributed by atoms with E-state index in [4.69, 9.17) is 29.0 Å². The lowest BCUT2D eigenvalue weighted by Crippen LogP contribution is -2.41. The van der Waals surface area contributed by atoms with Crippen molar-refractivity contribution < 1.29 is 0 Å². The first kappa shape index (κ1) is 15.8. The number of hydrogen-bond donors (Lipinski definition) is 2. The maximum absolute atomic E-state index is 6.31. The third-order valence-corrected chi connectivity index (χ3v) is 7.23. The van der Waals surface area contributed by atoms with Crippen LogP contribution in [-0.2, 0) is 0 Å². The lowest BCUT2D eigenvalue weighted by molar-refractivity contribution is 0.514. The predicted octanol–water partition coefficient (Wildman–Crippen LogP) is 4.13. The molecule has 0 saturated carbocycles. The standard InChI is InChI=1S/C13H18Cl2N2S2/c1-2-11-13(19-6-5-18-11)12(17-16)9-7-8(14)3-4-10(9)15/h3-4,7,11-13,17H,2,5-6,16H2,1H3. The fourth-order valence-corrected chi connectivity index (χ4v) is 6.00. The Bertz CT molecular complexity index is 431. The second-order valence-electron chi connectivity index (χ2n) is 4.46. The highest BCUT2D eigenvalue weighted by Gasteiger charge is 2.33. The first-order valence-electron chi connectivity index (χ1n) is 6.31. The first-order valence-corrected chi connectivity index (χ1v) is 9.17. The second-order valence-corrected chi connectivity index (χ2v) is 7.94. The number of nitrogens with two attached hydrogens (primary N) is 1. The summed E-state index contributed by atoms with van der Waals surface area (Å²) in [5.74, 6) is 8.16. The molecule has 0 radical (unpaired) electrons. The molecule has 1 aliphatic rings. The quantitative estimate of drug-likeness (QED) is 0.640. The molecule has 3 N–H and O–H groups in total. The van der Waals surface area contributed by atoms with Crippen LogP contribution in [0.25, 0.3) is 0 Å². The highest BCUT2D eigenvalue weighted by molar-refractivity contribution is 8.07. The van der Waals surface area contributed by atoms with E-state index in [0.29, 0.717) is 15.5 Å². The molecule has 1 saturated heterocycles. The number of thioether (sulfide) groups is 2. The van der Waals surface area contributed by atoms with Gasteiger partial charge in [0, 0.05) is 32.1 Å². The normalized spacial score (nSPS) is 25.3. The zero-order valence-electron chi connectivity index (χ0n) is 10.7. The summed E-state index contributed by atoms with van der Waals surface area (Å²) in [5, 5.41) is 2.43. The third-order valence-electron chi connectivity index (χ3n) is 3.30. The molecule has 1 aromatic rings. The molecule has 0 aliphatic carbocycles. The summed E-state index contributed by atoms with van der Waals surface area (Å²) in [6.07, 6.45) is 1.14. The molecule has 2 nitrogen and oxygen atoms in total. The van der Waals surface area contributed by atoms with Crippen molar-refractivity contribution in [1.82, 2.24) is 5.43 Å². The molecule has 19 heavy (non-hydrogen) atoms. The molecule has 0 spiro atoms. The Morgan fingerprint density at radius 1 is 1.37 bits per heavy atom. The van der Waals surface area contributed by atoms with Gasteiger partial charge in [0.25, 0.3) is 0 Å². The average molecular weight is 337 g/mol. The first-order chi connectivity index (χ1) is 9.17. The summed E-state index contributed by atoms with van der Waals surface area (Å²) < 4.78 is 0. The van der Waals surface area contributed by atoms with Gasteiger partial charge in [-0.05, 0) is 30.2 Å². The van der Waals surface area contributed by atoms with E-state index >= 15 is 0 Å². The summed E-state index contributed by atoms with van der Waals surface area (Å²) in [7, 11) is 0. The summed E-state index contributed by atoms with van der Waals surface area (Å²) >= 11 is 16.4. The Hall–Kier alpha value is 0.420. The van der Waals surface area contributed by atoms with Crippen molar-refractivity contribution in [2.75, 3.05) is 11.5 Å². The van der Waals surface area contributed by atoms with Gasteiger partial charge in [-0.25, -0.2) is 0 Å². The molecule has 0 bridgehead atoms. The van der Waals surface area contributed by atoms with E-state index in [1.807, 2.05) is 35.7 Å². The Morgan fingerprint density at radius 3 is 2.79 bits per heavy atom. The highest BCUT2D eigenvalue weighted by atomic mass is 35.5. The molecule has 1 aromatic carbocycles. The minimum absolute atomic E-state index is 0.0361. The SMILES string of the molecule is CCC1SCCSC1C(NN)c1cc(Cl)ccc1Cl. The molecule has 3 unspecified atom stereocenters. The van der Waals surface area contributed by atoms with Crippen LogP contribution >= 0.6 is 46.7 Å². The summed E-state index contributed by atoms with van der Waals surface area (Å²) in [4.78, 5) is 0. The predicted molar refractivity (Wildman–Crippen MR) is 89.3 cm³/mol. The van der Waals surface area contributed by atoms with Gasteiger partial charge >= 0.3 is 0 Å². The molecule has 3 atom stereocenters. The van der Waals surface area contributed by atoms with Crippen molar-refractivity contribution in [1.29, 1.82) is 0 Å². The lowest BCUT2D eigenvalue weighted by Gasteiger charge is -2.36. The molecule has 6 heteroatoms. The Morgan fingerprint density at radius 2 is 2.11 bits per heavy atom. The molecular weight excluding hydrogens is 319 g/mol. The zero-order valence-corrected chi connectivity index (χ0v) is 13.9. The minimum Gasteiger partial charge on any atom is -0.271 e. The van der Waals surface area contributed by atoms with Gasteiger partial charge in [-0.3, -0.25) is 11.3 Å². The second kappa shape index (κ2) is 7.43. The molecule has 0 amide bonds. The number of hydrogen-bond acceptors (Lipinski definition) is 4. The summed E-state index contributed by atoms with van der Waals surface area (Å²) in [6, 6.07) is 5.60. The molecule has 106 valence electrons. The molecule has 1 heterocycles. The van der Waals surface area contributed by atoms with Crippen molar-refractivity contribution in [3.8, 4) is 0 Å². The Kier molecular flexibility index (Phi) is 6.18. The zero-order chi connectivity index (χ0) is 13.8. The van der Waals surface area contributed by atoms with Crippen LogP contribution in [0.1, 0.15) is 24.9 Å². The van der Waals surface area contributed by atoms with Gasteiger partial charge in [-0.2, -0.15) is 23.5 Å². The van der Waals surface area contributed by atoms with E-state index in [2.05, 4.69) is 12.3 Å². The van der Waals surface area contributed by atoms with Crippen molar-refractivity contribution in [3.05, 3.63) is 33.8 Å². The van der Waals surface area contributed by atoms with E-state index < -0.39 is 0 Å². The third kappa shape index (κ3) is 3.74. The van der Waals surface area contributed by atoms with Gasteiger partial charge in [0.2, 0.25) is 0 Å². The average Bonchev–Trinajstić information content (AvgIpc) is 2.44. The van der Waals surface area contributed by atoms with Crippen LogP contribution in [0.5, 0.6) is 0 Å². The van der Waals surface area contributed by atoms with E-state index in [-0.39, 0.29) is 6.04 Å². The number of rotatable bonds is 4. The van der Waals surface area contributed by atoms with Gasteiger partial charge < -0.3 is 0 Å². The monoisotopic (exact) mass is 336 g/mol. The molecule has 2 rings (SSSR count). The summed E-state index contributed by atoms with van der Waals surface area (Å²) in [5.41, 5.74) is 3.94. The van der Waals surface area contributed by atoms with Gasteiger partial charge in [0.05, 0.1) is 6.04 Å². The number of hydrazine groups is 1. The van der Waals surface area contributed by atoms with E-state index in [1.165, 1.54) is 5.75 Å². The van der Waals surface area contributed by atoms with Gasteiger partial charge in [0.15, 0.2) is 0 Å². The van der Waals surface area contributed by atoms with E-state index in [9.17, 15) is 0 Å². The van der Waals surface area contributed by atoms with Crippen LogP contribution in [0.15, 0.2) is 18.2 Å². The molecular formula is C13H18Cl2N2S2. The maximum Gasteiger partial charge on any atom is 0.0604 e. The topological polar surface area (TPSA) is 38.0 Å².